The number of hydrogen-bond donors (Lipinski definition) is 0. The quantitative estimate of drug-likeness (QED) is 0.233. The fourth-order valence-electron chi connectivity index (χ4n) is 3.37. The number of carbonyl (C=O) groups excluding carboxylic acids is 1. The molecule has 0 amide bonds. The first-order valence-electron chi connectivity index (χ1n) is 10.8. The molecule has 0 fully saturated rings. The molecule has 1 atom stereocenters. The summed E-state index contributed by atoms with van der Waals surface area (Å²) in [5, 5.41) is 1.14. The van der Waals surface area contributed by atoms with Crippen molar-refractivity contribution in [2.75, 3.05) is 7.11 Å². The van der Waals surface area contributed by atoms with E-state index in [1.165, 1.54) is 7.11 Å². The molecule has 6 heteroatoms. The van der Waals surface area contributed by atoms with Crippen LogP contribution >= 0.6 is 20.2 Å². The molecule has 4 aromatic rings. The Hall–Kier alpha value is -3.33. The second-order valence-electron chi connectivity index (χ2n) is 7.48. The van der Waals surface area contributed by atoms with Crippen LogP contribution in [0.3, 0.4) is 0 Å². The lowest BCUT2D eigenvalue weighted by molar-refractivity contribution is 0.108. The first kappa shape index (κ1) is 23.8. The number of halogens is 1. The molecular weight excluding hydrogens is 467 g/mol. The Bertz CT molecular complexity index is 1250. The lowest BCUT2D eigenvalue weighted by atomic mass is 10.2. The average Bonchev–Trinajstić information content (AvgIpc) is 2.88. The maximum atomic E-state index is 13.2. The van der Waals surface area contributed by atoms with Crippen molar-refractivity contribution < 1.29 is 19.0 Å². The van der Waals surface area contributed by atoms with Gasteiger partial charge < -0.3 is 14.2 Å². The van der Waals surface area contributed by atoms with Crippen LogP contribution in [0.25, 0.3) is 0 Å². The van der Waals surface area contributed by atoms with E-state index in [-0.39, 0.29) is 14.1 Å². The van der Waals surface area contributed by atoms with Crippen molar-refractivity contribution in [3.8, 4) is 17.2 Å². The molecule has 0 heterocycles. The zero-order valence-corrected chi connectivity index (χ0v) is 20.4. The Labute approximate surface area is 206 Å². The standard InChI is InChI=1S/C28H24ClO4P/c1-31-24-14-8-13-23(29)27(24)28(30)34-26-16-15-22(32-18-20-9-4-2-5-10-20)17-25(26)33-19-21-11-6-3-7-12-21/h2-17,34H,18-19H2,1H3. The molecule has 0 saturated carbocycles. The average molecular weight is 491 g/mol. The van der Waals surface area contributed by atoms with Crippen LogP contribution in [0.15, 0.2) is 97.1 Å². The summed E-state index contributed by atoms with van der Waals surface area (Å²) in [6.07, 6.45) is 0. The Morgan fingerprint density at radius 2 is 1.41 bits per heavy atom. The van der Waals surface area contributed by atoms with Gasteiger partial charge in [-0.3, -0.25) is 4.79 Å². The number of carbonyl (C=O) groups is 1. The van der Waals surface area contributed by atoms with Gasteiger partial charge in [-0.25, -0.2) is 0 Å². The summed E-state index contributed by atoms with van der Waals surface area (Å²) in [6.45, 7) is 0.820. The topological polar surface area (TPSA) is 44.8 Å². The maximum absolute atomic E-state index is 13.2. The highest BCUT2D eigenvalue weighted by molar-refractivity contribution is 7.66. The molecule has 172 valence electrons. The van der Waals surface area contributed by atoms with Gasteiger partial charge in [-0.05, 0) is 44.0 Å². The van der Waals surface area contributed by atoms with Crippen molar-refractivity contribution in [2.45, 2.75) is 13.2 Å². The Balaban J connectivity index is 1.57. The SMILES string of the molecule is COc1cccc(Cl)c1C(=O)Pc1ccc(OCc2ccccc2)cc1OCc1ccccc1. The van der Waals surface area contributed by atoms with Crippen LogP contribution in [0.2, 0.25) is 5.02 Å². The summed E-state index contributed by atoms with van der Waals surface area (Å²) in [5.74, 6) is 1.73. The molecule has 0 bridgehead atoms. The van der Waals surface area contributed by atoms with Crippen LogP contribution in [0.1, 0.15) is 21.5 Å². The minimum absolute atomic E-state index is 0.120. The maximum Gasteiger partial charge on any atom is 0.190 e. The van der Waals surface area contributed by atoms with E-state index < -0.39 is 0 Å². The number of benzene rings is 4. The summed E-state index contributed by atoms with van der Waals surface area (Å²) in [5.41, 5.74) is 2.36. The highest BCUT2D eigenvalue weighted by Crippen LogP contribution is 2.34. The van der Waals surface area contributed by atoms with E-state index in [0.29, 0.717) is 41.0 Å². The lowest BCUT2D eigenvalue weighted by Crippen LogP contribution is -2.09. The molecule has 4 rings (SSSR count). The van der Waals surface area contributed by atoms with Gasteiger partial charge in [0.1, 0.15) is 30.5 Å². The van der Waals surface area contributed by atoms with E-state index in [2.05, 4.69) is 0 Å². The van der Waals surface area contributed by atoms with Crippen molar-refractivity contribution in [3.63, 3.8) is 0 Å². The molecule has 0 spiro atoms. The van der Waals surface area contributed by atoms with Crippen LogP contribution in [-0.2, 0) is 13.2 Å². The summed E-state index contributed by atoms with van der Waals surface area (Å²) in [6, 6.07) is 30.6. The molecule has 4 nitrogen and oxygen atoms in total. The molecule has 0 aliphatic carbocycles. The van der Waals surface area contributed by atoms with Gasteiger partial charge in [0.2, 0.25) is 0 Å². The number of ether oxygens (including phenoxy) is 3. The second-order valence-corrected chi connectivity index (χ2v) is 9.13. The molecule has 34 heavy (non-hydrogen) atoms. The van der Waals surface area contributed by atoms with Crippen molar-refractivity contribution in [1.82, 2.24) is 0 Å². The minimum atomic E-state index is -0.195. The number of hydrogen-bond acceptors (Lipinski definition) is 4. The van der Waals surface area contributed by atoms with Crippen LogP contribution in [0.4, 0.5) is 0 Å². The highest BCUT2D eigenvalue weighted by atomic mass is 35.5. The van der Waals surface area contributed by atoms with Gasteiger partial charge in [-0.2, -0.15) is 0 Å². The normalized spacial score (nSPS) is 10.9. The molecular formula is C28H24ClO4P. The Morgan fingerprint density at radius 3 is 2.06 bits per heavy atom. The van der Waals surface area contributed by atoms with E-state index in [9.17, 15) is 4.79 Å². The fraction of sp³-hybridized carbons (Fsp3) is 0.107. The van der Waals surface area contributed by atoms with Gasteiger partial charge in [0.15, 0.2) is 5.52 Å². The van der Waals surface area contributed by atoms with Crippen molar-refractivity contribution in [2.24, 2.45) is 0 Å². The van der Waals surface area contributed by atoms with Crippen LogP contribution in [-0.4, -0.2) is 12.6 Å². The fourth-order valence-corrected chi connectivity index (χ4v) is 4.76. The molecule has 4 aromatic carbocycles. The van der Waals surface area contributed by atoms with E-state index >= 15 is 0 Å². The van der Waals surface area contributed by atoms with E-state index in [0.717, 1.165) is 16.4 Å². The molecule has 0 aliphatic rings. The Kier molecular flexibility index (Phi) is 8.19. The van der Waals surface area contributed by atoms with E-state index in [4.69, 9.17) is 25.8 Å². The second kappa shape index (κ2) is 11.7. The van der Waals surface area contributed by atoms with Crippen LogP contribution < -0.4 is 19.5 Å². The van der Waals surface area contributed by atoms with Crippen molar-refractivity contribution in [1.29, 1.82) is 0 Å². The van der Waals surface area contributed by atoms with Crippen molar-refractivity contribution in [3.05, 3.63) is 119 Å². The molecule has 0 saturated heterocycles. The zero-order valence-electron chi connectivity index (χ0n) is 18.7. The predicted molar refractivity (Wildman–Crippen MR) is 138 cm³/mol. The van der Waals surface area contributed by atoms with Gasteiger partial charge in [0.25, 0.3) is 0 Å². The molecule has 0 aliphatic heterocycles. The predicted octanol–water partition coefficient (Wildman–Crippen LogP) is 6.65. The third-order valence-electron chi connectivity index (χ3n) is 5.11. The summed E-state index contributed by atoms with van der Waals surface area (Å²) in [4.78, 5) is 13.2. The smallest absolute Gasteiger partial charge is 0.190 e. The van der Waals surface area contributed by atoms with Gasteiger partial charge in [-0.15, -0.1) is 0 Å². The lowest BCUT2D eigenvalue weighted by Gasteiger charge is -2.15. The van der Waals surface area contributed by atoms with Crippen molar-refractivity contribution >= 4 is 31.0 Å². The third-order valence-corrected chi connectivity index (χ3v) is 6.58. The molecule has 0 radical (unpaired) electrons. The first-order valence-corrected chi connectivity index (χ1v) is 12.1. The highest BCUT2D eigenvalue weighted by Gasteiger charge is 2.19. The van der Waals surface area contributed by atoms with Gasteiger partial charge in [-0.1, -0.05) is 78.3 Å². The van der Waals surface area contributed by atoms with E-state index in [1.54, 1.807) is 18.2 Å². The summed E-state index contributed by atoms with van der Waals surface area (Å²) >= 11 is 6.33. The summed E-state index contributed by atoms with van der Waals surface area (Å²) in [7, 11) is 1.33. The monoisotopic (exact) mass is 490 g/mol. The minimum Gasteiger partial charge on any atom is -0.496 e. The van der Waals surface area contributed by atoms with Gasteiger partial charge >= 0.3 is 0 Å². The van der Waals surface area contributed by atoms with Crippen LogP contribution in [0, 0.1) is 0 Å². The molecule has 0 N–H and O–H groups in total. The number of methoxy groups -OCH3 is 1. The van der Waals surface area contributed by atoms with Gasteiger partial charge in [0.05, 0.1) is 17.7 Å². The molecule has 1 unspecified atom stereocenters. The largest absolute Gasteiger partial charge is 0.496 e. The Morgan fingerprint density at radius 1 is 0.765 bits per heavy atom. The third kappa shape index (κ3) is 6.17. The number of rotatable bonds is 10. The molecule has 0 aromatic heterocycles. The first-order chi connectivity index (χ1) is 16.6. The van der Waals surface area contributed by atoms with E-state index in [1.807, 2.05) is 78.9 Å². The summed E-state index contributed by atoms with van der Waals surface area (Å²) < 4.78 is 17.5. The van der Waals surface area contributed by atoms with Crippen LogP contribution in [0.5, 0.6) is 17.2 Å². The van der Waals surface area contributed by atoms with Gasteiger partial charge in [0, 0.05) is 11.4 Å². The zero-order chi connectivity index (χ0) is 23.8.